The Balaban J connectivity index is 1.86. The Morgan fingerprint density at radius 1 is 0.676 bits per heavy atom. The first-order chi connectivity index (χ1) is 16.1. The summed E-state index contributed by atoms with van der Waals surface area (Å²) in [5.74, 6) is 1.38. The summed E-state index contributed by atoms with van der Waals surface area (Å²) in [5, 5.41) is 4.40. The lowest BCUT2D eigenvalue weighted by molar-refractivity contribution is 0.444. The Kier molecular flexibility index (Phi) is 6.42. The first-order valence-electron chi connectivity index (χ1n) is 14.0. The number of nitrogens with one attached hydrogen (secondary N) is 1. The fourth-order valence-electron chi connectivity index (χ4n) is 6.81. The van der Waals surface area contributed by atoms with E-state index in [9.17, 15) is 0 Å². The molecule has 0 spiro atoms. The van der Waals surface area contributed by atoms with E-state index in [0.29, 0.717) is 11.8 Å². The molecule has 2 aromatic carbocycles. The molecule has 0 bridgehead atoms. The molecule has 2 saturated carbocycles. The second-order valence-electron chi connectivity index (χ2n) is 13.5. The fourth-order valence-corrected chi connectivity index (χ4v) is 7.71. The number of benzene rings is 2. The van der Waals surface area contributed by atoms with Gasteiger partial charge in [-0.05, 0) is 88.0 Å². The summed E-state index contributed by atoms with van der Waals surface area (Å²) in [6.45, 7) is 14.3. The molecule has 5 rings (SSSR count). The van der Waals surface area contributed by atoms with E-state index in [1.54, 1.807) is 11.1 Å². The maximum absolute atomic E-state index is 4.09. The second kappa shape index (κ2) is 8.96. The van der Waals surface area contributed by atoms with Crippen molar-refractivity contribution in [3.05, 3.63) is 40.5 Å². The maximum atomic E-state index is 4.09. The molecule has 184 valence electrons. The summed E-state index contributed by atoms with van der Waals surface area (Å²) in [4.78, 5) is 4.09. The number of fused-ring (bicyclic) bond motifs is 3. The lowest BCUT2D eigenvalue weighted by atomic mass is 9.78. The van der Waals surface area contributed by atoms with Crippen LogP contribution in [-0.2, 0) is 10.8 Å². The van der Waals surface area contributed by atoms with Crippen LogP contribution in [-0.4, -0.2) is 4.98 Å². The van der Waals surface area contributed by atoms with Crippen LogP contribution >= 0.6 is 9.24 Å². The molecular formula is C32H46NP. The van der Waals surface area contributed by atoms with E-state index in [1.165, 1.54) is 102 Å². The van der Waals surface area contributed by atoms with Gasteiger partial charge in [0.25, 0.3) is 0 Å². The van der Waals surface area contributed by atoms with Crippen LogP contribution in [0.15, 0.2) is 18.2 Å². The summed E-state index contributed by atoms with van der Waals surface area (Å²) in [6.07, 6.45) is 13.7. The van der Waals surface area contributed by atoms with Crippen molar-refractivity contribution in [3.8, 4) is 0 Å². The quantitative estimate of drug-likeness (QED) is 0.355. The lowest BCUT2D eigenvalue weighted by Crippen LogP contribution is -2.23. The van der Waals surface area contributed by atoms with Crippen LogP contribution in [0.1, 0.15) is 140 Å². The van der Waals surface area contributed by atoms with Crippen molar-refractivity contribution in [3.63, 3.8) is 0 Å². The zero-order valence-electron chi connectivity index (χ0n) is 22.5. The van der Waals surface area contributed by atoms with Crippen LogP contribution in [0.3, 0.4) is 0 Å². The van der Waals surface area contributed by atoms with Crippen LogP contribution < -0.4 is 5.30 Å². The van der Waals surface area contributed by atoms with Gasteiger partial charge in [0.05, 0.1) is 11.0 Å². The highest BCUT2D eigenvalue weighted by Crippen LogP contribution is 2.45. The van der Waals surface area contributed by atoms with Crippen LogP contribution in [0.2, 0.25) is 0 Å². The number of hydrogen-bond donors (Lipinski definition) is 1. The fraction of sp³-hybridized carbons (Fsp3) is 0.625. The highest BCUT2D eigenvalue weighted by molar-refractivity contribution is 7.27. The van der Waals surface area contributed by atoms with Crippen LogP contribution in [0.5, 0.6) is 0 Å². The number of hydrogen-bond acceptors (Lipinski definition) is 0. The van der Waals surface area contributed by atoms with Gasteiger partial charge in [-0.2, -0.15) is 0 Å². The number of aromatic amines is 1. The highest BCUT2D eigenvalue weighted by atomic mass is 31.0. The molecule has 2 fully saturated rings. The topological polar surface area (TPSA) is 15.8 Å². The van der Waals surface area contributed by atoms with Crippen molar-refractivity contribution < 1.29 is 0 Å². The third kappa shape index (κ3) is 4.36. The van der Waals surface area contributed by atoms with Crippen molar-refractivity contribution in [1.29, 1.82) is 0 Å². The van der Waals surface area contributed by atoms with Crippen molar-refractivity contribution in [2.24, 2.45) is 0 Å². The van der Waals surface area contributed by atoms with Gasteiger partial charge in [0.1, 0.15) is 0 Å². The van der Waals surface area contributed by atoms with Gasteiger partial charge < -0.3 is 4.98 Å². The van der Waals surface area contributed by atoms with E-state index < -0.39 is 0 Å². The molecule has 1 atom stereocenters. The maximum Gasteiger partial charge on any atom is 0.0506 e. The molecule has 1 aromatic heterocycles. The van der Waals surface area contributed by atoms with Gasteiger partial charge in [0, 0.05) is 10.8 Å². The average Bonchev–Trinajstić information content (AvgIpc) is 3.16. The smallest absolute Gasteiger partial charge is 0.0506 e. The van der Waals surface area contributed by atoms with E-state index in [4.69, 9.17) is 0 Å². The molecule has 1 unspecified atom stereocenters. The molecule has 0 aliphatic heterocycles. The Bertz CT molecular complexity index is 1190. The van der Waals surface area contributed by atoms with E-state index in [2.05, 4.69) is 74.0 Å². The van der Waals surface area contributed by atoms with Crippen LogP contribution in [0.4, 0.5) is 0 Å². The zero-order chi connectivity index (χ0) is 24.3. The number of H-pyrrole nitrogens is 1. The third-order valence-electron chi connectivity index (χ3n) is 8.85. The van der Waals surface area contributed by atoms with Crippen molar-refractivity contribution in [2.45, 2.75) is 128 Å². The minimum Gasteiger partial charge on any atom is -0.354 e. The molecule has 0 radical (unpaired) electrons. The van der Waals surface area contributed by atoms with Crippen LogP contribution in [0.25, 0.3) is 21.8 Å². The summed E-state index contributed by atoms with van der Waals surface area (Å²) in [6, 6.07) is 7.64. The zero-order valence-corrected chi connectivity index (χ0v) is 23.7. The van der Waals surface area contributed by atoms with Gasteiger partial charge in [0.2, 0.25) is 0 Å². The van der Waals surface area contributed by atoms with E-state index in [0.717, 1.165) is 0 Å². The first kappa shape index (κ1) is 24.4. The Labute approximate surface area is 210 Å². The molecule has 1 nitrogen and oxygen atoms in total. The predicted octanol–water partition coefficient (Wildman–Crippen LogP) is 9.51. The van der Waals surface area contributed by atoms with E-state index in [-0.39, 0.29) is 10.8 Å². The van der Waals surface area contributed by atoms with Gasteiger partial charge in [-0.15, -0.1) is 9.24 Å². The first-order valence-corrected chi connectivity index (χ1v) is 14.6. The monoisotopic (exact) mass is 475 g/mol. The van der Waals surface area contributed by atoms with E-state index >= 15 is 0 Å². The molecule has 3 aromatic rings. The molecule has 1 N–H and O–H groups in total. The average molecular weight is 476 g/mol. The lowest BCUT2D eigenvalue weighted by Gasteiger charge is -2.29. The SMILES string of the molecule is CC(C)(C)c1cc(C2CCCCC2)c2[nH]c3c(C4CCCCC4)c(P)c(C(C)(C)C)cc3c2c1. The van der Waals surface area contributed by atoms with Crippen LogP contribution in [0, 0.1) is 0 Å². The summed E-state index contributed by atoms with van der Waals surface area (Å²) >= 11 is 0. The summed E-state index contributed by atoms with van der Waals surface area (Å²) in [7, 11) is 3.19. The molecular weight excluding hydrogens is 429 g/mol. The summed E-state index contributed by atoms with van der Waals surface area (Å²) < 4.78 is 0. The molecule has 2 heteroatoms. The summed E-state index contributed by atoms with van der Waals surface area (Å²) in [5.41, 5.74) is 9.35. The molecule has 0 amide bonds. The Morgan fingerprint density at radius 2 is 1.24 bits per heavy atom. The highest BCUT2D eigenvalue weighted by Gasteiger charge is 2.29. The molecule has 2 aliphatic carbocycles. The molecule has 34 heavy (non-hydrogen) atoms. The largest absolute Gasteiger partial charge is 0.354 e. The molecule has 1 heterocycles. The molecule has 2 aliphatic rings. The molecule has 0 saturated heterocycles. The van der Waals surface area contributed by atoms with Gasteiger partial charge in [-0.3, -0.25) is 0 Å². The van der Waals surface area contributed by atoms with Gasteiger partial charge >= 0.3 is 0 Å². The van der Waals surface area contributed by atoms with Gasteiger partial charge in [-0.25, -0.2) is 0 Å². The van der Waals surface area contributed by atoms with Crippen molar-refractivity contribution >= 4 is 36.4 Å². The third-order valence-corrected chi connectivity index (χ3v) is 9.47. The van der Waals surface area contributed by atoms with Gasteiger partial charge in [-0.1, -0.05) is 86.1 Å². The predicted molar refractivity (Wildman–Crippen MR) is 154 cm³/mol. The van der Waals surface area contributed by atoms with Gasteiger partial charge in [0.15, 0.2) is 0 Å². The number of rotatable bonds is 2. The standard InChI is InChI=1S/C32H46NP/c1-31(2,3)22-17-23(20-13-9-7-10-14-20)28-24(18-22)25-19-26(32(4,5)6)30(34)27(29(25)33-28)21-15-11-8-12-16-21/h17-21,33H,7-16,34H2,1-6H3. The number of aromatic nitrogens is 1. The second-order valence-corrected chi connectivity index (χ2v) is 14.0. The minimum atomic E-state index is 0.131. The Morgan fingerprint density at radius 3 is 1.79 bits per heavy atom. The van der Waals surface area contributed by atoms with Crippen molar-refractivity contribution in [1.82, 2.24) is 4.98 Å². The Hall–Kier alpha value is -1.33. The normalized spacial score (nSPS) is 19.4. The van der Waals surface area contributed by atoms with Crippen molar-refractivity contribution in [2.75, 3.05) is 0 Å². The van der Waals surface area contributed by atoms with E-state index in [1.807, 2.05) is 0 Å². The minimum absolute atomic E-state index is 0.131.